The molecule has 1 rings (SSSR count). The molecule has 0 spiro atoms. The second-order valence-corrected chi connectivity index (χ2v) is 4.57. The fourth-order valence-electron chi connectivity index (χ4n) is 1.65. The van der Waals surface area contributed by atoms with Crippen LogP contribution in [0.1, 0.15) is 40.0 Å². The molecule has 70 valence electrons. The van der Waals surface area contributed by atoms with Gasteiger partial charge in [0, 0.05) is 18.8 Å². The van der Waals surface area contributed by atoms with Crippen molar-refractivity contribution in [1.82, 2.24) is 4.90 Å². The van der Waals surface area contributed by atoms with Gasteiger partial charge in [-0.2, -0.15) is 0 Å². The Balaban J connectivity index is 2.41. The maximum absolute atomic E-state index is 4.07. The molecule has 0 radical (unpaired) electrons. The summed E-state index contributed by atoms with van der Waals surface area (Å²) in [4.78, 5) is 2.44. The van der Waals surface area contributed by atoms with Crippen molar-refractivity contribution >= 4 is 0 Å². The number of rotatable bonds is 2. The minimum atomic E-state index is 0.560. The number of hydrogen-bond donors (Lipinski definition) is 0. The van der Waals surface area contributed by atoms with E-state index >= 15 is 0 Å². The average Bonchev–Trinajstić information content (AvgIpc) is 2.03. The second kappa shape index (κ2) is 3.51. The second-order valence-electron chi connectivity index (χ2n) is 4.57. The van der Waals surface area contributed by atoms with Gasteiger partial charge in [-0.15, -0.1) is 0 Å². The smallest absolute Gasteiger partial charge is 0.0179 e. The van der Waals surface area contributed by atoms with Crippen LogP contribution in [-0.4, -0.2) is 18.0 Å². The quantitative estimate of drug-likeness (QED) is 0.611. The fraction of sp³-hybridized carbons (Fsp3) is 0.818. The van der Waals surface area contributed by atoms with Gasteiger partial charge in [0.15, 0.2) is 0 Å². The van der Waals surface area contributed by atoms with Gasteiger partial charge in [-0.1, -0.05) is 27.4 Å². The highest BCUT2D eigenvalue weighted by Crippen LogP contribution is 2.31. The maximum Gasteiger partial charge on any atom is 0.0179 e. The van der Waals surface area contributed by atoms with Crippen molar-refractivity contribution in [3.8, 4) is 0 Å². The summed E-state index contributed by atoms with van der Waals surface area (Å²) in [6, 6.07) is 0. The van der Waals surface area contributed by atoms with Gasteiger partial charge >= 0.3 is 0 Å². The molecule has 0 atom stereocenters. The van der Waals surface area contributed by atoms with Crippen LogP contribution in [0.2, 0.25) is 0 Å². The van der Waals surface area contributed by atoms with Crippen molar-refractivity contribution in [3.05, 3.63) is 12.3 Å². The van der Waals surface area contributed by atoms with E-state index in [2.05, 4.69) is 32.3 Å². The van der Waals surface area contributed by atoms with Crippen LogP contribution in [0.5, 0.6) is 0 Å². The zero-order valence-corrected chi connectivity index (χ0v) is 8.69. The first-order chi connectivity index (χ1) is 5.55. The van der Waals surface area contributed by atoms with Crippen LogP contribution in [0.15, 0.2) is 12.3 Å². The number of piperidine rings is 1. The summed E-state index contributed by atoms with van der Waals surface area (Å²) in [6.07, 6.45) is 3.72. The first-order valence-corrected chi connectivity index (χ1v) is 4.98. The minimum absolute atomic E-state index is 0.560. The average molecular weight is 167 g/mol. The standard InChI is InChI=1S/C11H21N/c1-5-10(2)12-8-6-11(3,4)7-9-12/h2,5-9H2,1,3-4H3. The van der Waals surface area contributed by atoms with Crippen LogP contribution in [0.25, 0.3) is 0 Å². The summed E-state index contributed by atoms with van der Waals surface area (Å²) >= 11 is 0. The van der Waals surface area contributed by atoms with Crippen molar-refractivity contribution in [1.29, 1.82) is 0 Å². The van der Waals surface area contributed by atoms with Gasteiger partial charge in [-0.25, -0.2) is 0 Å². The number of nitrogens with zero attached hydrogens (tertiary/aromatic N) is 1. The third-order valence-electron chi connectivity index (χ3n) is 2.97. The molecule has 1 nitrogen and oxygen atoms in total. The summed E-state index contributed by atoms with van der Waals surface area (Å²) in [5, 5.41) is 0. The third kappa shape index (κ3) is 2.26. The predicted octanol–water partition coefficient (Wildman–Crippen LogP) is 3.03. The summed E-state index contributed by atoms with van der Waals surface area (Å²) < 4.78 is 0. The molecule has 0 bridgehead atoms. The summed E-state index contributed by atoms with van der Waals surface area (Å²) in [7, 11) is 0. The lowest BCUT2D eigenvalue weighted by Crippen LogP contribution is -2.36. The van der Waals surface area contributed by atoms with Gasteiger partial charge in [0.2, 0.25) is 0 Å². The van der Waals surface area contributed by atoms with Gasteiger partial charge in [-0.05, 0) is 24.7 Å². The molecule has 1 saturated heterocycles. The van der Waals surface area contributed by atoms with Gasteiger partial charge in [0.25, 0.3) is 0 Å². The van der Waals surface area contributed by atoms with Gasteiger partial charge < -0.3 is 4.90 Å². The van der Waals surface area contributed by atoms with Crippen LogP contribution in [0.4, 0.5) is 0 Å². The fourth-order valence-corrected chi connectivity index (χ4v) is 1.65. The normalized spacial score (nSPS) is 22.4. The van der Waals surface area contributed by atoms with E-state index in [9.17, 15) is 0 Å². The Morgan fingerprint density at radius 1 is 1.33 bits per heavy atom. The Morgan fingerprint density at radius 2 is 1.83 bits per heavy atom. The molecule has 0 unspecified atom stereocenters. The zero-order valence-electron chi connectivity index (χ0n) is 8.69. The largest absolute Gasteiger partial charge is 0.375 e. The lowest BCUT2D eigenvalue weighted by molar-refractivity contribution is 0.160. The molecule has 12 heavy (non-hydrogen) atoms. The minimum Gasteiger partial charge on any atom is -0.375 e. The lowest BCUT2D eigenvalue weighted by atomic mass is 9.82. The predicted molar refractivity (Wildman–Crippen MR) is 54.0 cm³/mol. The maximum atomic E-state index is 4.07. The lowest BCUT2D eigenvalue weighted by Gasteiger charge is -2.38. The first kappa shape index (κ1) is 9.63. The Labute approximate surface area is 76.5 Å². The van der Waals surface area contributed by atoms with E-state index < -0.39 is 0 Å². The summed E-state index contributed by atoms with van der Waals surface area (Å²) in [5.74, 6) is 0. The van der Waals surface area contributed by atoms with Gasteiger partial charge in [0.05, 0.1) is 0 Å². The number of likely N-dealkylation sites (tertiary alicyclic amines) is 1. The molecule has 1 fully saturated rings. The Hall–Kier alpha value is -0.460. The summed E-state index contributed by atoms with van der Waals surface area (Å²) in [6.45, 7) is 13.4. The van der Waals surface area contributed by atoms with Crippen molar-refractivity contribution in [2.24, 2.45) is 5.41 Å². The first-order valence-electron chi connectivity index (χ1n) is 4.98. The van der Waals surface area contributed by atoms with E-state index in [-0.39, 0.29) is 0 Å². The van der Waals surface area contributed by atoms with Crippen LogP contribution >= 0.6 is 0 Å². The van der Waals surface area contributed by atoms with Crippen molar-refractivity contribution in [2.45, 2.75) is 40.0 Å². The molecular formula is C11H21N. The number of allylic oxidation sites excluding steroid dienone is 1. The third-order valence-corrected chi connectivity index (χ3v) is 2.97. The highest BCUT2D eigenvalue weighted by Gasteiger charge is 2.25. The van der Waals surface area contributed by atoms with Crippen LogP contribution in [0, 0.1) is 5.41 Å². The van der Waals surface area contributed by atoms with Crippen molar-refractivity contribution < 1.29 is 0 Å². The van der Waals surface area contributed by atoms with E-state index in [1.54, 1.807) is 0 Å². The molecule has 1 aliphatic heterocycles. The molecule has 0 saturated carbocycles. The van der Waals surface area contributed by atoms with Gasteiger partial charge in [0.1, 0.15) is 0 Å². The molecule has 0 N–H and O–H groups in total. The van der Waals surface area contributed by atoms with Crippen LogP contribution in [0.3, 0.4) is 0 Å². The molecule has 1 heterocycles. The topological polar surface area (TPSA) is 3.24 Å². The van der Waals surface area contributed by atoms with E-state index in [4.69, 9.17) is 0 Å². The number of hydrogen-bond acceptors (Lipinski definition) is 1. The Kier molecular flexibility index (Phi) is 2.81. The van der Waals surface area contributed by atoms with Crippen LogP contribution < -0.4 is 0 Å². The van der Waals surface area contributed by atoms with Crippen LogP contribution in [-0.2, 0) is 0 Å². The molecule has 0 aromatic heterocycles. The molecule has 1 heteroatoms. The molecular weight excluding hydrogens is 146 g/mol. The highest BCUT2D eigenvalue weighted by atomic mass is 15.1. The highest BCUT2D eigenvalue weighted by molar-refractivity contribution is 4.95. The Bertz CT molecular complexity index is 160. The van der Waals surface area contributed by atoms with Crippen molar-refractivity contribution in [2.75, 3.05) is 13.1 Å². The summed E-state index contributed by atoms with van der Waals surface area (Å²) in [5.41, 5.74) is 1.87. The zero-order chi connectivity index (χ0) is 9.19. The monoisotopic (exact) mass is 167 g/mol. The van der Waals surface area contributed by atoms with Gasteiger partial charge in [-0.3, -0.25) is 0 Å². The molecule has 0 aromatic carbocycles. The SMILES string of the molecule is C=C(CC)N1CCC(C)(C)CC1. The molecule has 0 amide bonds. The molecule has 1 aliphatic rings. The Morgan fingerprint density at radius 3 is 2.25 bits per heavy atom. The van der Waals surface area contributed by atoms with E-state index in [1.165, 1.54) is 31.6 Å². The molecule has 0 aromatic rings. The molecule has 0 aliphatic carbocycles. The van der Waals surface area contributed by atoms with E-state index in [0.717, 1.165) is 6.42 Å². The van der Waals surface area contributed by atoms with E-state index in [1.807, 2.05) is 0 Å². The van der Waals surface area contributed by atoms with Crippen molar-refractivity contribution in [3.63, 3.8) is 0 Å². The van der Waals surface area contributed by atoms with E-state index in [0.29, 0.717) is 5.41 Å².